The Morgan fingerprint density at radius 3 is 2.23 bits per heavy atom. The Bertz CT molecular complexity index is 135. The number of allylic oxidation sites excluding steroid dienone is 1. The van der Waals surface area contributed by atoms with Crippen LogP contribution in [0.4, 0.5) is 0 Å². The van der Waals surface area contributed by atoms with Gasteiger partial charge in [0.15, 0.2) is 0 Å². The average Bonchev–Trinajstić information content (AvgIpc) is 2.02. The molecule has 0 aliphatic heterocycles. The second kappa shape index (κ2) is 11.7. The van der Waals surface area contributed by atoms with Gasteiger partial charge in [-0.15, -0.1) is 6.58 Å². The molecule has 0 heterocycles. The van der Waals surface area contributed by atoms with Crippen molar-refractivity contribution in [2.75, 3.05) is 0 Å². The number of hydrogen-bond acceptors (Lipinski definition) is 2. The maximum absolute atomic E-state index is 10.0. The summed E-state index contributed by atoms with van der Waals surface area (Å²) in [5.41, 5.74) is 0. The van der Waals surface area contributed by atoms with Gasteiger partial charge in [-0.2, -0.15) is 0 Å². The molecule has 0 aromatic rings. The summed E-state index contributed by atoms with van der Waals surface area (Å²) in [7, 11) is 0. The van der Waals surface area contributed by atoms with Crippen LogP contribution in [0.25, 0.3) is 0 Å². The summed E-state index contributed by atoms with van der Waals surface area (Å²) >= 11 is 0. The Balaban J connectivity index is 0. The SMILES string of the molecule is C=CCCCCCCCC(=O)[O-].[Cu+]. The summed E-state index contributed by atoms with van der Waals surface area (Å²) in [5.74, 6) is -0.930. The van der Waals surface area contributed by atoms with Gasteiger partial charge in [0.2, 0.25) is 0 Å². The van der Waals surface area contributed by atoms with Crippen LogP contribution in [0.3, 0.4) is 0 Å². The van der Waals surface area contributed by atoms with E-state index < -0.39 is 5.97 Å². The molecule has 0 atom stereocenters. The molecule has 2 nitrogen and oxygen atoms in total. The van der Waals surface area contributed by atoms with E-state index in [-0.39, 0.29) is 23.5 Å². The van der Waals surface area contributed by atoms with Gasteiger partial charge in [0, 0.05) is 5.97 Å². The Morgan fingerprint density at radius 2 is 1.69 bits per heavy atom. The molecule has 0 aliphatic carbocycles. The number of carbonyl (C=O) groups is 1. The quantitative estimate of drug-likeness (QED) is 0.363. The van der Waals surface area contributed by atoms with E-state index in [1.807, 2.05) is 6.08 Å². The minimum absolute atomic E-state index is 0. The fraction of sp³-hybridized carbons (Fsp3) is 0.700. The van der Waals surface area contributed by atoms with Crippen LogP contribution in [-0.2, 0) is 21.9 Å². The van der Waals surface area contributed by atoms with E-state index in [9.17, 15) is 9.90 Å². The monoisotopic (exact) mass is 232 g/mol. The molecule has 0 N–H and O–H groups in total. The fourth-order valence-corrected chi connectivity index (χ4v) is 1.09. The van der Waals surface area contributed by atoms with Gasteiger partial charge in [-0.1, -0.05) is 25.3 Å². The zero-order valence-electron chi connectivity index (χ0n) is 7.85. The maximum Gasteiger partial charge on any atom is 1.00 e. The Kier molecular flexibility index (Phi) is 13.7. The minimum atomic E-state index is -0.930. The Hall–Kier alpha value is -0.271. The normalized spacial score (nSPS) is 8.92. The summed E-state index contributed by atoms with van der Waals surface area (Å²) in [6, 6.07) is 0. The van der Waals surface area contributed by atoms with Crippen molar-refractivity contribution in [2.24, 2.45) is 0 Å². The molecule has 0 bridgehead atoms. The smallest absolute Gasteiger partial charge is 0.550 e. The van der Waals surface area contributed by atoms with Crippen LogP contribution in [0.15, 0.2) is 12.7 Å². The second-order valence-corrected chi connectivity index (χ2v) is 2.97. The molecule has 0 radical (unpaired) electrons. The third kappa shape index (κ3) is 14.6. The van der Waals surface area contributed by atoms with Crippen molar-refractivity contribution in [3.05, 3.63) is 12.7 Å². The number of rotatable bonds is 8. The number of carboxylic acids is 1. The molecule has 0 aromatic carbocycles. The Morgan fingerprint density at radius 1 is 1.15 bits per heavy atom. The first-order valence-corrected chi connectivity index (χ1v) is 4.58. The third-order valence-corrected chi connectivity index (χ3v) is 1.79. The predicted molar refractivity (Wildman–Crippen MR) is 47.5 cm³/mol. The van der Waals surface area contributed by atoms with Crippen LogP contribution < -0.4 is 5.11 Å². The van der Waals surface area contributed by atoms with E-state index >= 15 is 0 Å². The van der Waals surface area contributed by atoms with Gasteiger partial charge in [0.05, 0.1) is 0 Å². The first-order chi connectivity index (χ1) is 5.77. The van der Waals surface area contributed by atoms with E-state index in [0.717, 1.165) is 25.7 Å². The molecule has 0 spiro atoms. The molecule has 0 saturated carbocycles. The van der Waals surface area contributed by atoms with Crippen LogP contribution in [0.5, 0.6) is 0 Å². The van der Waals surface area contributed by atoms with Gasteiger partial charge in [0.1, 0.15) is 0 Å². The number of aliphatic carboxylic acids is 1. The number of hydrogen-bond donors (Lipinski definition) is 0. The number of carbonyl (C=O) groups excluding carboxylic acids is 1. The first kappa shape index (κ1) is 15.2. The standard InChI is InChI=1S/C10H18O2.Cu/c1-2-3-4-5-6-7-8-9-10(11)12;/h2H,1,3-9H2,(H,11,12);/q;+1/p-1. The van der Waals surface area contributed by atoms with Crippen molar-refractivity contribution in [3.8, 4) is 0 Å². The van der Waals surface area contributed by atoms with Crippen LogP contribution >= 0.6 is 0 Å². The fourth-order valence-electron chi connectivity index (χ4n) is 1.09. The molecule has 0 unspecified atom stereocenters. The molecule has 3 heteroatoms. The van der Waals surface area contributed by atoms with Crippen LogP contribution in [-0.4, -0.2) is 5.97 Å². The van der Waals surface area contributed by atoms with Crippen molar-refractivity contribution in [1.29, 1.82) is 0 Å². The molecule has 80 valence electrons. The van der Waals surface area contributed by atoms with E-state index in [1.165, 1.54) is 12.8 Å². The molecule has 0 aliphatic rings. The molecule has 0 rings (SSSR count). The maximum atomic E-state index is 10.0. The molecule has 0 amide bonds. The molecule has 13 heavy (non-hydrogen) atoms. The summed E-state index contributed by atoms with van der Waals surface area (Å²) in [6.45, 7) is 3.63. The van der Waals surface area contributed by atoms with Crippen molar-refractivity contribution >= 4 is 5.97 Å². The van der Waals surface area contributed by atoms with E-state index in [4.69, 9.17) is 0 Å². The van der Waals surface area contributed by atoms with Gasteiger partial charge < -0.3 is 9.90 Å². The van der Waals surface area contributed by atoms with Crippen LogP contribution in [0, 0.1) is 0 Å². The van der Waals surface area contributed by atoms with Crippen molar-refractivity contribution in [2.45, 2.75) is 44.9 Å². The molecular formula is C10H17CuO2. The summed E-state index contributed by atoms with van der Waals surface area (Å²) < 4.78 is 0. The van der Waals surface area contributed by atoms with Crippen molar-refractivity contribution in [1.82, 2.24) is 0 Å². The zero-order valence-corrected chi connectivity index (χ0v) is 8.79. The zero-order chi connectivity index (χ0) is 9.23. The van der Waals surface area contributed by atoms with Gasteiger partial charge in [-0.25, -0.2) is 0 Å². The molecule has 0 aromatic heterocycles. The van der Waals surface area contributed by atoms with Gasteiger partial charge in [-0.05, 0) is 25.7 Å². The van der Waals surface area contributed by atoms with Gasteiger partial charge >= 0.3 is 17.1 Å². The van der Waals surface area contributed by atoms with Crippen molar-refractivity contribution < 1.29 is 27.0 Å². The van der Waals surface area contributed by atoms with Crippen LogP contribution in [0.1, 0.15) is 44.9 Å². The summed E-state index contributed by atoms with van der Waals surface area (Å²) in [4.78, 5) is 10.0. The number of carboxylic acid groups (broad SMARTS) is 1. The summed E-state index contributed by atoms with van der Waals surface area (Å²) in [6.07, 6.45) is 8.44. The largest absolute Gasteiger partial charge is 1.00 e. The van der Waals surface area contributed by atoms with E-state index in [2.05, 4.69) is 6.58 Å². The second-order valence-electron chi connectivity index (χ2n) is 2.97. The Labute approximate surface area is 90.9 Å². The van der Waals surface area contributed by atoms with Gasteiger partial charge in [0.25, 0.3) is 0 Å². The van der Waals surface area contributed by atoms with Crippen molar-refractivity contribution in [3.63, 3.8) is 0 Å². The average molecular weight is 233 g/mol. The first-order valence-electron chi connectivity index (χ1n) is 4.58. The number of unbranched alkanes of at least 4 members (excludes halogenated alkanes) is 5. The molecular weight excluding hydrogens is 216 g/mol. The minimum Gasteiger partial charge on any atom is -0.550 e. The van der Waals surface area contributed by atoms with E-state index in [0.29, 0.717) is 0 Å². The van der Waals surface area contributed by atoms with Crippen LogP contribution in [0.2, 0.25) is 0 Å². The predicted octanol–water partition coefficient (Wildman–Crippen LogP) is 1.65. The summed E-state index contributed by atoms with van der Waals surface area (Å²) in [5, 5.41) is 10.0. The topological polar surface area (TPSA) is 40.1 Å². The molecule has 0 fully saturated rings. The van der Waals surface area contributed by atoms with Gasteiger partial charge in [-0.3, -0.25) is 0 Å². The van der Waals surface area contributed by atoms with E-state index in [1.54, 1.807) is 0 Å². The third-order valence-electron chi connectivity index (χ3n) is 1.79. The molecule has 0 saturated heterocycles.